The number of hydrogen-bond acceptors (Lipinski definition) is 6. The van der Waals surface area contributed by atoms with Crippen LogP contribution in [-0.4, -0.2) is 35.9 Å². The lowest BCUT2D eigenvalue weighted by Crippen LogP contribution is -2.29. The van der Waals surface area contributed by atoms with E-state index in [9.17, 15) is 4.79 Å². The average molecular weight is 405 g/mol. The highest BCUT2D eigenvalue weighted by molar-refractivity contribution is 8.77. The van der Waals surface area contributed by atoms with Crippen molar-refractivity contribution in [2.24, 2.45) is 4.99 Å². The van der Waals surface area contributed by atoms with Gasteiger partial charge in [0.1, 0.15) is 11.6 Å². The van der Waals surface area contributed by atoms with Gasteiger partial charge in [0.2, 0.25) is 0 Å². The summed E-state index contributed by atoms with van der Waals surface area (Å²) in [4.78, 5) is 17.1. The lowest BCUT2D eigenvalue weighted by Gasteiger charge is -2.27. The first-order valence-corrected chi connectivity index (χ1v) is 12.6. The fraction of sp³-hybridized carbons (Fsp3) is 0.619. The number of carbonyl (C=O) groups is 1. The van der Waals surface area contributed by atoms with Gasteiger partial charge in [-0.1, -0.05) is 40.1 Å². The van der Waals surface area contributed by atoms with E-state index < -0.39 is 0 Å². The lowest BCUT2D eigenvalue weighted by atomic mass is 9.81. The number of aliphatic imine (C=N–C) groups is 1. The molecule has 0 bridgehead atoms. The summed E-state index contributed by atoms with van der Waals surface area (Å²) in [7, 11) is 4.00. The van der Waals surface area contributed by atoms with Crippen LogP contribution in [0.5, 0.6) is 5.75 Å². The van der Waals surface area contributed by atoms with Crippen LogP contribution >= 0.6 is 21.6 Å². The topological polar surface area (TPSA) is 50.7 Å². The molecule has 0 radical (unpaired) electrons. The highest BCUT2D eigenvalue weighted by Crippen LogP contribution is 2.40. The van der Waals surface area contributed by atoms with Crippen LogP contribution < -0.4 is 10.1 Å². The fourth-order valence-corrected chi connectivity index (χ4v) is 7.26. The van der Waals surface area contributed by atoms with Crippen LogP contribution in [0.3, 0.4) is 0 Å². The van der Waals surface area contributed by atoms with Crippen molar-refractivity contribution in [3.8, 4) is 5.75 Å². The Hall–Kier alpha value is -1.14. The number of benzene rings is 1. The predicted molar refractivity (Wildman–Crippen MR) is 115 cm³/mol. The number of nitrogens with one attached hydrogen (secondary N) is 1. The second-order valence-corrected chi connectivity index (χ2v) is 10.3. The number of unbranched alkanes of at least 4 members (excludes halogenated alkanes) is 1. The summed E-state index contributed by atoms with van der Waals surface area (Å²) < 4.78 is 5.84. The molecule has 27 heavy (non-hydrogen) atoms. The molecule has 1 unspecified atom stereocenters. The van der Waals surface area contributed by atoms with Gasteiger partial charge < -0.3 is 10.1 Å². The maximum Gasteiger partial charge on any atom is 0.311 e. The minimum absolute atomic E-state index is 0.0949. The van der Waals surface area contributed by atoms with Crippen molar-refractivity contribution >= 4 is 33.4 Å². The molecule has 1 fully saturated rings. The summed E-state index contributed by atoms with van der Waals surface area (Å²) in [5.41, 5.74) is 2.49. The number of fused-ring (bicyclic) bond motifs is 1. The molecule has 1 aliphatic carbocycles. The number of aryl methyl sites for hydroxylation is 1. The van der Waals surface area contributed by atoms with Gasteiger partial charge in [-0.15, -0.1) is 0 Å². The molecule has 1 N–H and O–H groups in total. The Bertz CT molecular complexity index is 701. The Kier molecular flexibility index (Phi) is 6.66. The third kappa shape index (κ3) is 4.83. The third-order valence-corrected chi connectivity index (χ3v) is 8.59. The van der Waals surface area contributed by atoms with Crippen molar-refractivity contribution < 1.29 is 9.53 Å². The molecular formula is C21H28N2O2S2. The van der Waals surface area contributed by atoms with Crippen molar-refractivity contribution in [1.29, 1.82) is 0 Å². The SMILES string of the molecule is O=C(CCCC[C@@H]1CCSS1)Oc1cccc2c1C(C1=NCCN1)CCC2. The summed E-state index contributed by atoms with van der Waals surface area (Å²) in [6.45, 7) is 1.77. The molecule has 4 rings (SSSR count). The fourth-order valence-electron chi connectivity index (χ4n) is 4.24. The summed E-state index contributed by atoms with van der Waals surface area (Å²) in [5, 5.41) is 4.21. The maximum atomic E-state index is 12.4. The smallest absolute Gasteiger partial charge is 0.311 e. The summed E-state index contributed by atoms with van der Waals surface area (Å²) in [5.74, 6) is 3.25. The highest BCUT2D eigenvalue weighted by Gasteiger charge is 2.29. The molecule has 1 aromatic carbocycles. The molecule has 0 spiro atoms. The molecule has 0 amide bonds. The van der Waals surface area contributed by atoms with Gasteiger partial charge in [-0.3, -0.25) is 9.79 Å². The van der Waals surface area contributed by atoms with Crippen LogP contribution in [0.4, 0.5) is 0 Å². The van der Waals surface area contributed by atoms with Gasteiger partial charge in [0.25, 0.3) is 0 Å². The van der Waals surface area contributed by atoms with Crippen LogP contribution in [0, 0.1) is 0 Å². The minimum Gasteiger partial charge on any atom is -0.426 e. The van der Waals surface area contributed by atoms with E-state index >= 15 is 0 Å². The number of nitrogens with zero attached hydrogens (tertiary/aromatic N) is 1. The Labute approximate surface area is 169 Å². The van der Waals surface area contributed by atoms with Crippen LogP contribution in [0.2, 0.25) is 0 Å². The molecule has 2 atom stereocenters. The van der Waals surface area contributed by atoms with E-state index in [4.69, 9.17) is 4.74 Å². The largest absolute Gasteiger partial charge is 0.426 e. The number of hydrogen-bond donors (Lipinski definition) is 1. The number of amidine groups is 1. The van der Waals surface area contributed by atoms with Crippen LogP contribution in [0.1, 0.15) is 62.0 Å². The van der Waals surface area contributed by atoms with Gasteiger partial charge in [0, 0.05) is 35.4 Å². The van der Waals surface area contributed by atoms with Gasteiger partial charge >= 0.3 is 5.97 Å². The molecule has 146 valence electrons. The van der Waals surface area contributed by atoms with Gasteiger partial charge in [-0.25, -0.2) is 0 Å². The summed E-state index contributed by atoms with van der Waals surface area (Å²) in [6.07, 6.45) is 8.38. The molecule has 2 aliphatic heterocycles. The van der Waals surface area contributed by atoms with Crippen molar-refractivity contribution in [3.05, 3.63) is 29.3 Å². The van der Waals surface area contributed by atoms with E-state index in [0.717, 1.165) is 62.0 Å². The van der Waals surface area contributed by atoms with Crippen LogP contribution in [0.25, 0.3) is 0 Å². The van der Waals surface area contributed by atoms with E-state index in [-0.39, 0.29) is 11.9 Å². The molecule has 4 nitrogen and oxygen atoms in total. The number of rotatable bonds is 7. The van der Waals surface area contributed by atoms with E-state index in [1.165, 1.54) is 29.7 Å². The van der Waals surface area contributed by atoms with Crippen molar-refractivity contribution in [2.45, 2.75) is 62.5 Å². The summed E-state index contributed by atoms with van der Waals surface area (Å²) >= 11 is 0. The van der Waals surface area contributed by atoms with Gasteiger partial charge in [-0.05, 0) is 50.2 Å². The minimum atomic E-state index is -0.0949. The average Bonchev–Trinajstić information content (AvgIpc) is 3.39. The first-order valence-electron chi connectivity index (χ1n) is 10.2. The van der Waals surface area contributed by atoms with Gasteiger partial charge in [0.05, 0.1) is 6.54 Å². The monoisotopic (exact) mass is 404 g/mol. The summed E-state index contributed by atoms with van der Waals surface area (Å²) in [6, 6.07) is 6.14. The quantitative estimate of drug-likeness (QED) is 0.308. The zero-order valence-electron chi connectivity index (χ0n) is 15.7. The van der Waals surface area contributed by atoms with Crippen molar-refractivity contribution in [1.82, 2.24) is 5.32 Å². The highest BCUT2D eigenvalue weighted by atomic mass is 33.1. The lowest BCUT2D eigenvalue weighted by molar-refractivity contribution is -0.134. The zero-order valence-corrected chi connectivity index (χ0v) is 17.4. The van der Waals surface area contributed by atoms with Crippen LogP contribution in [-0.2, 0) is 11.2 Å². The van der Waals surface area contributed by atoms with E-state index in [0.29, 0.717) is 6.42 Å². The van der Waals surface area contributed by atoms with Crippen LogP contribution in [0.15, 0.2) is 23.2 Å². The van der Waals surface area contributed by atoms with E-state index in [2.05, 4.69) is 16.4 Å². The first-order chi connectivity index (χ1) is 13.3. The van der Waals surface area contributed by atoms with Gasteiger partial charge in [-0.2, -0.15) is 0 Å². The second kappa shape index (κ2) is 9.37. The number of ether oxygens (including phenoxy) is 1. The Morgan fingerprint density at radius 3 is 3.07 bits per heavy atom. The third-order valence-electron chi connectivity index (χ3n) is 5.58. The molecule has 0 saturated carbocycles. The molecule has 2 heterocycles. The Morgan fingerprint density at radius 2 is 2.26 bits per heavy atom. The Morgan fingerprint density at radius 1 is 1.30 bits per heavy atom. The van der Waals surface area contributed by atoms with E-state index in [1.54, 1.807) is 0 Å². The molecule has 3 aliphatic rings. The normalized spacial score (nSPS) is 24.2. The predicted octanol–water partition coefficient (Wildman–Crippen LogP) is 4.73. The van der Waals surface area contributed by atoms with Crippen molar-refractivity contribution in [2.75, 3.05) is 18.8 Å². The molecular weight excluding hydrogens is 376 g/mol. The number of esters is 1. The number of carbonyl (C=O) groups excluding carboxylic acids is 1. The Balaban J connectivity index is 1.36. The second-order valence-electron chi connectivity index (χ2n) is 7.52. The molecule has 1 saturated heterocycles. The molecule has 6 heteroatoms. The molecule has 1 aromatic rings. The standard InChI is InChI=1S/C21H28N2O2S2/c24-19(10-2-1-7-16-11-14-26-27-16)25-18-9-4-6-15-5-3-8-17(20(15)18)21-22-12-13-23-21/h4,6,9,16-17H,1-3,5,7-8,10-14H2,(H,22,23)/t16-,17?/m1/s1. The molecule has 0 aromatic heterocycles. The zero-order chi connectivity index (χ0) is 18.5. The van der Waals surface area contributed by atoms with Gasteiger partial charge in [0.15, 0.2) is 0 Å². The van der Waals surface area contributed by atoms with E-state index in [1.807, 2.05) is 33.7 Å². The maximum absolute atomic E-state index is 12.4. The first kappa shape index (κ1) is 19.2. The van der Waals surface area contributed by atoms with Crippen molar-refractivity contribution in [3.63, 3.8) is 0 Å².